The Morgan fingerprint density at radius 3 is 2.35 bits per heavy atom. The van der Waals surface area contributed by atoms with Gasteiger partial charge in [0.05, 0.1) is 7.11 Å². The van der Waals surface area contributed by atoms with Crippen molar-refractivity contribution in [2.45, 2.75) is 0 Å². The topological polar surface area (TPSA) is 12.5 Å². The maximum Gasteiger partial charge on any atom is 0.190 e. The molecule has 0 atom stereocenters. The molecule has 0 radical (unpaired) electrons. The fourth-order valence-electron chi connectivity index (χ4n) is 2.02. The highest BCUT2D eigenvalue weighted by molar-refractivity contribution is 5.72. The maximum atomic E-state index is 13.8. The highest BCUT2D eigenvalue weighted by Crippen LogP contribution is 2.32. The van der Waals surface area contributed by atoms with Crippen LogP contribution in [-0.2, 0) is 0 Å². The monoisotopic (exact) mass is 273 g/mol. The van der Waals surface area contributed by atoms with Crippen LogP contribution in [0.4, 0.5) is 8.78 Å². The molecule has 1 aromatic carbocycles. The van der Waals surface area contributed by atoms with Crippen LogP contribution in [0.25, 0.3) is 5.70 Å². The van der Waals surface area contributed by atoms with Crippen molar-refractivity contribution in [2.24, 2.45) is 0 Å². The van der Waals surface area contributed by atoms with Crippen molar-refractivity contribution in [3.8, 4) is 18.1 Å². The summed E-state index contributed by atoms with van der Waals surface area (Å²) in [5.74, 6) is 0.597. The Labute approximate surface area is 116 Å². The van der Waals surface area contributed by atoms with E-state index in [1.165, 1.54) is 19.2 Å². The third kappa shape index (κ3) is 2.19. The van der Waals surface area contributed by atoms with Gasteiger partial charge in [-0.25, -0.2) is 8.78 Å². The lowest BCUT2D eigenvalue weighted by atomic mass is 10.0. The Bertz CT molecular complexity index is 657. The maximum absolute atomic E-state index is 13.8. The van der Waals surface area contributed by atoms with E-state index in [0.717, 1.165) is 0 Å². The highest BCUT2D eigenvalue weighted by Gasteiger charge is 2.19. The minimum atomic E-state index is -0.755. The van der Waals surface area contributed by atoms with Crippen molar-refractivity contribution in [1.82, 2.24) is 4.90 Å². The normalized spacial score (nSPS) is 14.6. The second-order valence-corrected chi connectivity index (χ2v) is 4.26. The van der Waals surface area contributed by atoms with Gasteiger partial charge >= 0.3 is 0 Å². The second kappa shape index (κ2) is 5.22. The molecule has 0 aliphatic carbocycles. The van der Waals surface area contributed by atoms with Crippen LogP contribution in [-0.4, -0.2) is 19.1 Å². The standard InChI is InChI=1S/C16H13F2NO/c1-5-11-6-7-15(19(3)10(11)2)12-8-13(17)16(20-4)14(18)9-12/h1,6-9H,2H2,3-4H3. The van der Waals surface area contributed by atoms with Gasteiger partial charge < -0.3 is 9.64 Å². The molecule has 2 nitrogen and oxygen atoms in total. The van der Waals surface area contributed by atoms with Gasteiger partial charge in [-0.15, -0.1) is 6.42 Å². The molecule has 1 heterocycles. The van der Waals surface area contributed by atoms with E-state index in [-0.39, 0.29) is 0 Å². The Morgan fingerprint density at radius 1 is 1.25 bits per heavy atom. The van der Waals surface area contributed by atoms with Crippen LogP contribution < -0.4 is 4.74 Å². The SMILES string of the molecule is C#CC1=CC=C(c2cc(F)c(OC)c(F)c2)N(C)C1=C. The van der Waals surface area contributed by atoms with Crippen LogP contribution in [0.2, 0.25) is 0 Å². The van der Waals surface area contributed by atoms with Gasteiger partial charge in [-0.1, -0.05) is 12.5 Å². The summed E-state index contributed by atoms with van der Waals surface area (Å²) < 4.78 is 32.2. The summed E-state index contributed by atoms with van der Waals surface area (Å²) in [5, 5.41) is 0. The molecule has 0 saturated carbocycles. The minimum absolute atomic E-state index is 0.386. The molecule has 0 amide bonds. The first kappa shape index (κ1) is 13.9. The fourth-order valence-corrected chi connectivity index (χ4v) is 2.02. The molecule has 1 aliphatic heterocycles. The number of hydrogen-bond donors (Lipinski definition) is 0. The Kier molecular flexibility index (Phi) is 3.62. The zero-order chi connectivity index (χ0) is 14.9. The molecule has 0 N–H and O–H groups in total. The lowest BCUT2D eigenvalue weighted by Crippen LogP contribution is -2.19. The van der Waals surface area contributed by atoms with E-state index in [1.807, 2.05) is 0 Å². The number of allylic oxidation sites excluding steroid dienone is 3. The van der Waals surface area contributed by atoms with Gasteiger partial charge in [0.2, 0.25) is 0 Å². The average molecular weight is 273 g/mol. The van der Waals surface area contributed by atoms with E-state index in [0.29, 0.717) is 22.5 Å². The molecule has 0 unspecified atom stereocenters. The van der Waals surface area contributed by atoms with Gasteiger partial charge in [0, 0.05) is 29.6 Å². The molecule has 0 fully saturated rings. The molecule has 1 aromatic rings. The Balaban J connectivity index is 2.53. The summed E-state index contributed by atoms with van der Waals surface area (Å²) in [4.78, 5) is 1.69. The van der Waals surface area contributed by atoms with Crippen molar-refractivity contribution in [3.05, 3.63) is 59.3 Å². The largest absolute Gasteiger partial charge is 0.491 e. The predicted molar refractivity (Wildman–Crippen MR) is 74.7 cm³/mol. The highest BCUT2D eigenvalue weighted by atomic mass is 19.1. The van der Waals surface area contributed by atoms with Crippen LogP contribution in [0.3, 0.4) is 0 Å². The van der Waals surface area contributed by atoms with Crippen LogP contribution >= 0.6 is 0 Å². The summed E-state index contributed by atoms with van der Waals surface area (Å²) in [7, 11) is 2.95. The summed E-state index contributed by atoms with van der Waals surface area (Å²) in [6, 6.07) is 2.43. The fraction of sp³-hybridized carbons (Fsp3) is 0.125. The van der Waals surface area contributed by atoms with Crippen molar-refractivity contribution >= 4 is 5.70 Å². The first-order chi connectivity index (χ1) is 9.49. The van der Waals surface area contributed by atoms with E-state index in [2.05, 4.69) is 17.2 Å². The third-order valence-corrected chi connectivity index (χ3v) is 3.14. The summed E-state index contributed by atoms with van der Waals surface area (Å²) >= 11 is 0. The van der Waals surface area contributed by atoms with E-state index in [4.69, 9.17) is 6.42 Å². The summed E-state index contributed by atoms with van der Waals surface area (Å²) in [6.45, 7) is 3.86. The molecule has 0 bridgehead atoms. The smallest absolute Gasteiger partial charge is 0.190 e. The molecule has 102 valence electrons. The number of nitrogens with zero attached hydrogens (tertiary/aromatic N) is 1. The second-order valence-electron chi connectivity index (χ2n) is 4.26. The number of likely N-dealkylation sites (N-methyl/N-ethyl adjacent to an activating group) is 1. The van der Waals surface area contributed by atoms with Gasteiger partial charge in [0.15, 0.2) is 17.4 Å². The molecule has 1 aliphatic rings. The van der Waals surface area contributed by atoms with Gasteiger partial charge in [-0.05, 0) is 24.3 Å². The van der Waals surface area contributed by atoms with Crippen LogP contribution in [0.15, 0.2) is 42.1 Å². The van der Waals surface area contributed by atoms with Gasteiger partial charge in [-0.3, -0.25) is 0 Å². The number of rotatable bonds is 2. The zero-order valence-corrected chi connectivity index (χ0v) is 11.2. The number of ether oxygens (including phenoxy) is 1. The predicted octanol–water partition coefficient (Wildman–Crippen LogP) is 3.33. The minimum Gasteiger partial charge on any atom is -0.491 e. The zero-order valence-electron chi connectivity index (χ0n) is 11.2. The van der Waals surface area contributed by atoms with Crippen molar-refractivity contribution in [1.29, 1.82) is 0 Å². The summed E-state index contributed by atoms with van der Waals surface area (Å²) in [5.41, 5.74) is 2.22. The third-order valence-electron chi connectivity index (χ3n) is 3.14. The lowest BCUT2D eigenvalue weighted by Gasteiger charge is -2.28. The molecular formula is C16H13F2NO. The number of benzene rings is 1. The number of hydrogen-bond acceptors (Lipinski definition) is 2. The number of terminal acetylenes is 1. The van der Waals surface area contributed by atoms with Crippen LogP contribution in [0.5, 0.6) is 5.75 Å². The first-order valence-electron chi connectivity index (χ1n) is 5.84. The van der Waals surface area contributed by atoms with E-state index < -0.39 is 17.4 Å². The molecule has 4 heteroatoms. The lowest BCUT2D eigenvalue weighted by molar-refractivity contribution is 0.359. The quantitative estimate of drug-likeness (QED) is 0.766. The molecule has 0 aromatic heterocycles. The van der Waals surface area contributed by atoms with E-state index in [9.17, 15) is 8.78 Å². The Hall–Kier alpha value is -2.54. The van der Waals surface area contributed by atoms with E-state index >= 15 is 0 Å². The van der Waals surface area contributed by atoms with Crippen molar-refractivity contribution in [2.75, 3.05) is 14.2 Å². The Morgan fingerprint density at radius 2 is 1.85 bits per heavy atom. The average Bonchev–Trinajstić information content (AvgIpc) is 2.41. The van der Waals surface area contributed by atoms with Gasteiger partial charge in [-0.2, -0.15) is 0 Å². The first-order valence-corrected chi connectivity index (χ1v) is 5.84. The molecule has 2 rings (SSSR count). The molecule has 0 saturated heterocycles. The number of halogens is 2. The molecule has 0 spiro atoms. The van der Waals surface area contributed by atoms with Crippen LogP contribution in [0.1, 0.15) is 5.56 Å². The number of methoxy groups -OCH3 is 1. The van der Waals surface area contributed by atoms with Gasteiger partial charge in [0.1, 0.15) is 0 Å². The summed E-state index contributed by atoms with van der Waals surface area (Å²) in [6.07, 6.45) is 8.75. The molecule has 20 heavy (non-hydrogen) atoms. The van der Waals surface area contributed by atoms with Gasteiger partial charge in [0.25, 0.3) is 0 Å². The van der Waals surface area contributed by atoms with Crippen molar-refractivity contribution in [3.63, 3.8) is 0 Å². The van der Waals surface area contributed by atoms with Crippen LogP contribution in [0, 0.1) is 24.0 Å². The van der Waals surface area contributed by atoms with Crippen molar-refractivity contribution < 1.29 is 13.5 Å². The van der Waals surface area contributed by atoms with E-state index in [1.54, 1.807) is 24.1 Å². The molecular weight excluding hydrogens is 260 g/mol.